The molecule has 1 aromatic heterocycles. The minimum Gasteiger partial charge on any atom is -0.351 e. The third-order valence-corrected chi connectivity index (χ3v) is 5.97. The van der Waals surface area contributed by atoms with E-state index in [0.717, 1.165) is 16.4 Å². The van der Waals surface area contributed by atoms with Gasteiger partial charge in [-0.3, -0.25) is 14.5 Å². The minimum absolute atomic E-state index is 0.146. The zero-order valence-corrected chi connectivity index (χ0v) is 19.3. The second-order valence-electron chi connectivity index (χ2n) is 8.43. The summed E-state index contributed by atoms with van der Waals surface area (Å²) >= 11 is 0. The third-order valence-electron chi connectivity index (χ3n) is 5.97. The van der Waals surface area contributed by atoms with E-state index in [9.17, 15) is 22.8 Å². The van der Waals surface area contributed by atoms with Crippen LogP contribution in [0.1, 0.15) is 27.2 Å². The molecule has 0 aliphatic carbocycles. The van der Waals surface area contributed by atoms with Crippen LogP contribution in [0, 0.1) is 6.92 Å². The van der Waals surface area contributed by atoms with Gasteiger partial charge in [0.2, 0.25) is 5.91 Å². The average molecular weight is 486 g/mol. The van der Waals surface area contributed by atoms with Gasteiger partial charge in [0.05, 0.1) is 24.0 Å². The Hall–Kier alpha value is -3.66. The van der Waals surface area contributed by atoms with E-state index in [4.69, 9.17) is 0 Å². The molecule has 0 saturated carbocycles. The molecule has 35 heavy (non-hydrogen) atoms. The zero-order valence-electron chi connectivity index (χ0n) is 19.3. The summed E-state index contributed by atoms with van der Waals surface area (Å²) < 4.78 is 42.8. The number of benzene rings is 2. The highest BCUT2D eigenvalue weighted by Gasteiger charge is 2.42. The van der Waals surface area contributed by atoms with Gasteiger partial charge in [0.1, 0.15) is 0 Å². The molecular formula is C25H26F3N5O2. The molecule has 3 aromatic rings. The molecule has 2 heterocycles. The predicted octanol–water partition coefficient (Wildman–Crippen LogP) is 3.27. The van der Waals surface area contributed by atoms with Crippen LogP contribution in [0.25, 0.3) is 5.69 Å². The molecule has 0 bridgehead atoms. The van der Waals surface area contributed by atoms with Gasteiger partial charge in [-0.25, -0.2) is 4.68 Å². The van der Waals surface area contributed by atoms with E-state index < -0.39 is 23.3 Å². The summed E-state index contributed by atoms with van der Waals surface area (Å²) in [5.74, 6) is -0.863. The molecule has 0 radical (unpaired) electrons. The summed E-state index contributed by atoms with van der Waals surface area (Å²) in [4.78, 5) is 28.6. The second-order valence-corrected chi connectivity index (χ2v) is 8.43. The van der Waals surface area contributed by atoms with Crippen LogP contribution in [0.15, 0.2) is 60.8 Å². The van der Waals surface area contributed by atoms with Crippen molar-refractivity contribution < 1.29 is 22.8 Å². The maximum atomic E-state index is 14.0. The summed E-state index contributed by atoms with van der Waals surface area (Å²) in [6, 6.07) is 16.1. The van der Waals surface area contributed by atoms with Crippen molar-refractivity contribution in [3.05, 3.63) is 83.2 Å². The Bertz CT molecular complexity index is 1190. The van der Waals surface area contributed by atoms with Gasteiger partial charge in [-0.05, 0) is 24.1 Å². The van der Waals surface area contributed by atoms with Crippen LogP contribution in [-0.4, -0.2) is 64.1 Å². The van der Waals surface area contributed by atoms with E-state index in [0.29, 0.717) is 25.2 Å². The third kappa shape index (κ3) is 5.71. The van der Waals surface area contributed by atoms with Gasteiger partial charge < -0.3 is 10.2 Å². The summed E-state index contributed by atoms with van der Waals surface area (Å²) in [5, 5.41) is 6.77. The van der Waals surface area contributed by atoms with Gasteiger partial charge in [0.15, 0.2) is 5.69 Å². The van der Waals surface area contributed by atoms with E-state index in [2.05, 4.69) is 10.4 Å². The first kappa shape index (κ1) is 24.5. The fourth-order valence-corrected chi connectivity index (χ4v) is 4.10. The van der Waals surface area contributed by atoms with Crippen LogP contribution >= 0.6 is 0 Å². The van der Waals surface area contributed by atoms with Gasteiger partial charge in [0.25, 0.3) is 5.91 Å². The Morgan fingerprint density at radius 2 is 1.63 bits per heavy atom. The topological polar surface area (TPSA) is 70.5 Å². The number of carbonyl (C=O) groups is 2. The molecule has 0 atom stereocenters. The number of nitrogens with one attached hydrogen (secondary N) is 1. The Kier molecular flexibility index (Phi) is 7.20. The smallest absolute Gasteiger partial charge is 0.351 e. The lowest BCUT2D eigenvalue weighted by atomic mass is 10.1. The maximum Gasteiger partial charge on any atom is 0.434 e. The molecule has 2 aromatic carbocycles. The van der Waals surface area contributed by atoms with E-state index in [-0.39, 0.29) is 31.2 Å². The van der Waals surface area contributed by atoms with Gasteiger partial charge in [-0.15, -0.1) is 0 Å². The van der Waals surface area contributed by atoms with Crippen molar-refractivity contribution in [1.82, 2.24) is 24.9 Å². The Morgan fingerprint density at radius 3 is 2.29 bits per heavy atom. The molecule has 2 amide bonds. The Balaban J connectivity index is 1.39. The van der Waals surface area contributed by atoms with E-state index >= 15 is 0 Å². The highest BCUT2D eigenvalue weighted by molar-refractivity contribution is 5.95. The summed E-state index contributed by atoms with van der Waals surface area (Å²) in [7, 11) is 0. The highest BCUT2D eigenvalue weighted by Crippen LogP contribution is 2.34. The fourth-order valence-electron chi connectivity index (χ4n) is 4.10. The number of piperazine rings is 1. The molecule has 4 rings (SSSR count). The van der Waals surface area contributed by atoms with Crippen molar-refractivity contribution in [1.29, 1.82) is 0 Å². The largest absolute Gasteiger partial charge is 0.434 e. The number of hydrogen-bond donors (Lipinski definition) is 1. The summed E-state index contributed by atoms with van der Waals surface area (Å²) in [6.45, 7) is 3.48. The number of hydrogen-bond acceptors (Lipinski definition) is 4. The second kappa shape index (κ2) is 10.3. The first-order valence-corrected chi connectivity index (χ1v) is 11.3. The van der Waals surface area contributed by atoms with Crippen molar-refractivity contribution in [3.8, 4) is 5.69 Å². The number of nitrogens with zero attached hydrogens (tertiary/aromatic N) is 4. The maximum absolute atomic E-state index is 14.0. The minimum atomic E-state index is -4.76. The lowest BCUT2D eigenvalue weighted by Gasteiger charge is -2.34. The standard InChI is InChI=1S/C25H26F3N5O2/c1-18-7-5-6-10-21(18)33-23(25(26,27)28)20(16-30-33)24(35)32-13-11-31(12-14-32)17-22(34)29-15-19-8-3-2-4-9-19/h2-10,16H,11-15,17H2,1H3,(H,29,34). The monoisotopic (exact) mass is 485 g/mol. The normalized spacial score (nSPS) is 14.7. The number of para-hydroxylation sites is 1. The van der Waals surface area contributed by atoms with Crippen molar-refractivity contribution >= 4 is 11.8 Å². The Labute approximate surface area is 201 Å². The van der Waals surface area contributed by atoms with Crippen LogP contribution in [0.4, 0.5) is 13.2 Å². The summed E-state index contributed by atoms with van der Waals surface area (Å²) in [5.41, 5.74) is 0.307. The molecule has 0 spiro atoms. The van der Waals surface area contributed by atoms with Crippen LogP contribution < -0.4 is 5.32 Å². The van der Waals surface area contributed by atoms with Crippen LogP contribution in [0.3, 0.4) is 0 Å². The predicted molar refractivity (Wildman–Crippen MR) is 124 cm³/mol. The van der Waals surface area contributed by atoms with Crippen LogP contribution in [-0.2, 0) is 17.5 Å². The summed E-state index contributed by atoms with van der Waals surface area (Å²) in [6.07, 6.45) is -3.77. The highest BCUT2D eigenvalue weighted by atomic mass is 19.4. The molecule has 1 aliphatic heterocycles. The molecule has 1 N–H and O–H groups in total. The quantitative estimate of drug-likeness (QED) is 0.582. The van der Waals surface area contributed by atoms with Crippen molar-refractivity contribution in [2.45, 2.75) is 19.6 Å². The number of rotatable bonds is 6. The molecule has 184 valence electrons. The number of carbonyl (C=O) groups excluding carboxylic acids is 2. The molecular weight excluding hydrogens is 459 g/mol. The molecule has 10 heteroatoms. The first-order chi connectivity index (χ1) is 16.7. The fraction of sp³-hybridized carbons (Fsp3) is 0.320. The number of aromatic nitrogens is 2. The van der Waals surface area contributed by atoms with Gasteiger partial charge in [-0.1, -0.05) is 48.5 Å². The lowest BCUT2D eigenvalue weighted by Crippen LogP contribution is -2.51. The van der Waals surface area contributed by atoms with Crippen molar-refractivity contribution in [2.75, 3.05) is 32.7 Å². The molecule has 1 fully saturated rings. The van der Waals surface area contributed by atoms with Crippen molar-refractivity contribution in [2.24, 2.45) is 0 Å². The van der Waals surface area contributed by atoms with Gasteiger partial charge in [-0.2, -0.15) is 18.3 Å². The number of halogens is 3. The molecule has 1 saturated heterocycles. The van der Waals surface area contributed by atoms with Crippen molar-refractivity contribution in [3.63, 3.8) is 0 Å². The number of amides is 2. The molecule has 1 aliphatic rings. The molecule has 7 nitrogen and oxygen atoms in total. The number of alkyl halides is 3. The van der Waals surface area contributed by atoms with Crippen LogP contribution in [0.5, 0.6) is 0 Å². The first-order valence-electron chi connectivity index (χ1n) is 11.3. The zero-order chi connectivity index (χ0) is 25.0. The van der Waals surface area contributed by atoms with E-state index in [1.807, 2.05) is 35.2 Å². The van der Waals surface area contributed by atoms with Crippen LogP contribution in [0.2, 0.25) is 0 Å². The SMILES string of the molecule is Cc1ccccc1-n1ncc(C(=O)N2CCN(CC(=O)NCc3ccccc3)CC2)c1C(F)(F)F. The Morgan fingerprint density at radius 1 is 0.971 bits per heavy atom. The average Bonchev–Trinajstić information content (AvgIpc) is 3.29. The lowest BCUT2D eigenvalue weighted by molar-refractivity contribution is -0.143. The van der Waals surface area contributed by atoms with Gasteiger partial charge >= 0.3 is 6.18 Å². The number of aryl methyl sites for hydroxylation is 1. The van der Waals surface area contributed by atoms with E-state index in [1.165, 1.54) is 11.0 Å². The van der Waals surface area contributed by atoms with Gasteiger partial charge in [0, 0.05) is 32.7 Å². The molecule has 0 unspecified atom stereocenters. The van der Waals surface area contributed by atoms with E-state index in [1.54, 1.807) is 25.1 Å².